The third-order valence-electron chi connectivity index (χ3n) is 4.64. The molecule has 0 radical (unpaired) electrons. The third-order valence-corrected chi connectivity index (χ3v) is 4.64. The van der Waals surface area contributed by atoms with E-state index < -0.39 is 0 Å². The number of rotatable bonds is 4. The van der Waals surface area contributed by atoms with Gasteiger partial charge in [0.2, 0.25) is 0 Å². The normalized spacial score (nSPS) is 32.2. The van der Waals surface area contributed by atoms with Gasteiger partial charge in [-0.3, -0.25) is 11.3 Å². The molecular weight excluding hydrogens is 208 g/mol. The summed E-state index contributed by atoms with van der Waals surface area (Å²) in [4.78, 5) is 0. The van der Waals surface area contributed by atoms with Crippen LogP contribution >= 0.6 is 0 Å². The zero-order valence-corrected chi connectivity index (χ0v) is 10.5. The average Bonchev–Trinajstić information content (AvgIpc) is 2.95. The van der Waals surface area contributed by atoms with Gasteiger partial charge >= 0.3 is 0 Å². The largest absolute Gasteiger partial charge is 0.271 e. The Morgan fingerprint density at radius 3 is 2.41 bits per heavy atom. The zero-order valence-electron chi connectivity index (χ0n) is 10.5. The topological polar surface area (TPSA) is 38.0 Å². The second kappa shape index (κ2) is 4.43. The minimum Gasteiger partial charge on any atom is -0.271 e. The van der Waals surface area contributed by atoms with Crippen LogP contribution in [0.15, 0.2) is 24.3 Å². The summed E-state index contributed by atoms with van der Waals surface area (Å²) in [7, 11) is 0. The van der Waals surface area contributed by atoms with E-state index in [1.165, 1.54) is 30.4 Å². The van der Waals surface area contributed by atoms with E-state index >= 15 is 0 Å². The second-order valence-electron chi connectivity index (χ2n) is 5.95. The van der Waals surface area contributed by atoms with E-state index in [1.54, 1.807) is 0 Å². The number of nitrogens with one attached hydrogen (secondary N) is 1. The van der Waals surface area contributed by atoms with Crippen molar-refractivity contribution in [1.82, 2.24) is 5.43 Å². The summed E-state index contributed by atoms with van der Waals surface area (Å²) >= 11 is 0. The number of hydrazine groups is 1. The molecular formula is C15H22N2. The molecule has 3 rings (SSSR count). The van der Waals surface area contributed by atoms with Crippen molar-refractivity contribution in [2.75, 3.05) is 0 Å². The highest BCUT2D eigenvalue weighted by molar-refractivity contribution is 5.22. The van der Waals surface area contributed by atoms with Crippen LogP contribution in [0, 0.1) is 24.7 Å². The highest BCUT2D eigenvalue weighted by Gasteiger charge is 2.47. The summed E-state index contributed by atoms with van der Waals surface area (Å²) in [5.74, 6) is 8.61. The third kappa shape index (κ3) is 2.38. The Kier molecular flexibility index (Phi) is 2.93. The van der Waals surface area contributed by atoms with E-state index in [1.807, 2.05) is 0 Å². The lowest BCUT2D eigenvalue weighted by atomic mass is 9.90. The maximum atomic E-state index is 5.74. The summed E-state index contributed by atoms with van der Waals surface area (Å²) in [6.07, 6.45) is 5.34. The highest BCUT2D eigenvalue weighted by Crippen LogP contribution is 2.55. The molecule has 3 unspecified atom stereocenters. The Bertz CT molecular complexity index is 374. The summed E-state index contributed by atoms with van der Waals surface area (Å²) in [5, 5.41) is 0. The van der Waals surface area contributed by atoms with Crippen LogP contribution in [-0.4, -0.2) is 6.04 Å². The van der Waals surface area contributed by atoms with Crippen molar-refractivity contribution in [2.24, 2.45) is 23.6 Å². The molecule has 0 amide bonds. The number of hydrogen-bond acceptors (Lipinski definition) is 2. The van der Waals surface area contributed by atoms with Gasteiger partial charge in [0.15, 0.2) is 0 Å². The van der Waals surface area contributed by atoms with Crippen LogP contribution in [0.1, 0.15) is 30.4 Å². The number of fused-ring (bicyclic) bond motifs is 1. The number of nitrogens with two attached hydrogens (primary N) is 1. The molecule has 2 aliphatic rings. The van der Waals surface area contributed by atoms with Crippen molar-refractivity contribution in [2.45, 2.75) is 38.6 Å². The molecule has 3 atom stereocenters. The van der Waals surface area contributed by atoms with Crippen molar-refractivity contribution in [3.8, 4) is 0 Å². The summed E-state index contributed by atoms with van der Waals surface area (Å²) < 4.78 is 0. The molecule has 1 aromatic carbocycles. The fourth-order valence-corrected chi connectivity index (χ4v) is 3.43. The number of benzene rings is 1. The van der Waals surface area contributed by atoms with Crippen molar-refractivity contribution >= 4 is 0 Å². The molecule has 0 aromatic heterocycles. The highest BCUT2D eigenvalue weighted by atomic mass is 15.2. The summed E-state index contributed by atoms with van der Waals surface area (Å²) in [6.45, 7) is 2.13. The van der Waals surface area contributed by atoms with Crippen molar-refractivity contribution in [3.05, 3.63) is 35.4 Å². The first-order valence-corrected chi connectivity index (χ1v) is 6.78. The van der Waals surface area contributed by atoms with Crippen LogP contribution in [0.25, 0.3) is 0 Å². The van der Waals surface area contributed by atoms with E-state index in [0.29, 0.717) is 6.04 Å². The molecule has 17 heavy (non-hydrogen) atoms. The van der Waals surface area contributed by atoms with Gasteiger partial charge in [0, 0.05) is 6.04 Å². The zero-order chi connectivity index (χ0) is 11.8. The predicted octanol–water partition coefficient (Wildman–Crippen LogP) is 2.42. The molecule has 2 nitrogen and oxygen atoms in total. The van der Waals surface area contributed by atoms with Crippen LogP contribution in [0.4, 0.5) is 0 Å². The molecule has 2 saturated carbocycles. The fraction of sp³-hybridized carbons (Fsp3) is 0.600. The minimum absolute atomic E-state index is 0.463. The molecule has 2 aliphatic carbocycles. The Morgan fingerprint density at radius 2 is 1.82 bits per heavy atom. The van der Waals surface area contributed by atoms with Gasteiger partial charge < -0.3 is 0 Å². The molecule has 92 valence electrons. The van der Waals surface area contributed by atoms with Gasteiger partial charge in [-0.05, 0) is 55.9 Å². The van der Waals surface area contributed by atoms with Crippen LogP contribution in [0.3, 0.4) is 0 Å². The van der Waals surface area contributed by atoms with Gasteiger partial charge in [-0.25, -0.2) is 0 Å². The van der Waals surface area contributed by atoms with Gasteiger partial charge in [0.1, 0.15) is 0 Å². The van der Waals surface area contributed by atoms with Crippen LogP contribution < -0.4 is 11.3 Å². The number of hydrogen-bond donors (Lipinski definition) is 2. The Balaban J connectivity index is 1.63. The van der Waals surface area contributed by atoms with Crippen molar-refractivity contribution in [3.63, 3.8) is 0 Å². The SMILES string of the molecule is Cc1ccc(CC(NN)C2CC3CC3C2)cc1. The van der Waals surface area contributed by atoms with Crippen molar-refractivity contribution < 1.29 is 0 Å². The quantitative estimate of drug-likeness (QED) is 0.616. The summed E-state index contributed by atoms with van der Waals surface area (Å²) in [6, 6.07) is 9.31. The van der Waals surface area contributed by atoms with Gasteiger partial charge in [0.25, 0.3) is 0 Å². The maximum Gasteiger partial charge on any atom is 0.0279 e. The molecule has 0 aliphatic heterocycles. The monoisotopic (exact) mass is 230 g/mol. The van der Waals surface area contributed by atoms with Gasteiger partial charge in [-0.1, -0.05) is 29.8 Å². The Morgan fingerprint density at radius 1 is 1.18 bits per heavy atom. The minimum atomic E-state index is 0.463. The van der Waals surface area contributed by atoms with Crippen LogP contribution in [0.2, 0.25) is 0 Å². The smallest absolute Gasteiger partial charge is 0.0279 e. The molecule has 0 heterocycles. The molecule has 0 bridgehead atoms. The first kappa shape index (κ1) is 11.2. The maximum absolute atomic E-state index is 5.74. The van der Waals surface area contributed by atoms with Crippen molar-refractivity contribution in [1.29, 1.82) is 0 Å². The Hall–Kier alpha value is -0.860. The first-order chi connectivity index (χ1) is 8.26. The predicted molar refractivity (Wildman–Crippen MR) is 70.3 cm³/mol. The Labute approximate surface area is 104 Å². The van der Waals surface area contributed by atoms with E-state index in [0.717, 1.165) is 24.2 Å². The standard InChI is InChI=1S/C15H22N2/c1-10-2-4-11(5-3-10)6-15(17-16)14-8-12-7-13(12)9-14/h2-5,12-15,17H,6-9,16H2,1H3. The van der Waals surface area contributed by atoms with Crippen LogP contribution in [0.5, 0.6) is 0 Å². The fourth-order valence-electron chi connectivity index (χ4n) is 3.43. The summed E-state index contributed by atoms with van der Waals surface area (Å²) in [5.41, 5.74) is 5.78. The molecule has 2 fully saturated rings. The molecule has 0 saturated heterocycles. The lowest BCUT2D eigenvalue weighted by Gasteiger charge is -2.24. The molecule has 3 N–H and O–H groups in total. The van der Waals surface area contributed by atoms with Gasteiger partial charge in [-0.2, -0.15) is 0 Å². The lowest BCUT2D eigenvalue weighted by molar-refractivity contribution is 0.336. The van der Waals surface area contributed by atoms with Crippen LogP contribution in [-0.2, 0) is 6.42 Å². The van der Waals surface area contributed by atoms with E-state index in [4.69, 9.17) is 5.84 Å². The molecule has 0 spiro atoms. The number of aryl methyl sites for hydroxylation is 1. The van der Waals surface area contributed by atoms with E-state index in [9.17, 15) is 0 Å². The molecule has 2 heteroatoms. The average molecular weight is 230 g/mol. The van der Waals surface area contributed by atoms with Gasteiger partial charge in [0.05, 0.1) is 0 Å². The van der Waals surface area contributed by atoms with E-state index in [2.05, 4.69) is 36.6 Å². The second-order valence-corrected chi connectivity index (χ2v) is 5.95. The molecule has 1 aromatic rings. The van der Waals surface area contributed by atoms with E-state index in [-0.39, 0.29) is 0 Å². The van der Waals surface area contributed by atoms with Gasteiger partial charge in [-0.15, -0.1) is 0 Å². The first-order valence-electron chi connectivity index (χ1n) is 6.78. The lowest BCUT2D eigenvalue weighted by Crippen LogP contribution is -2.42.